The second kappa shape index (κ2) is 6.62. The Hall–Kier alpha value is -1.35. The Bertz CT molecular complexity index is 678. The van der Waals surface area contributed by atoms with E-state index in [1.165, 1.54) is 37.7 Å². The van der Waals surface area contributed by atoms with Crippen LogP contribution in [0.15, 0.2) is 30.3 Å². The molecule has 3 heteroatoms. The van der Waals surface area contributed by atoms with Crippen LogP contribution in [0.2, 0.25) is 0 Å². The molecule has 1 aromatic carbocycles. The van der Waals surface area contributed by atoms with Crippen LogP contribution in [0.3, 0.4) is 0 Å². The number of carbonyl (C=O) groups is 1. The Balaban J connectivity index is 1.36. The van der Waals surface area contributed by atoms with Crippen molar-refractivity contribution in [2.75, 3.05) is 6.54 Å². The number of amides is 1. The summed E-state index contributed by atoms with van der Waals surface area (Å²) in [4.78, 5) is 13.6. The van der Waals surface area contributed by atoms with Crippen molar-refractivity contribution in [3.63, 3.8) is 0 Å². The first-order valence-corrected chi connectivity index (χ1v) is 11.2. The van der Waals surface area contributed by atoms with Crippen molar-refractivity contribution < 1.29 is 4.79 Å². The second-order valence-electron chi connectivity index (χ2n) is 10.3. The van der Waals surface area contributed by atoms with Gasteiger partial charge in [0, 0.05) is 6.04 Å². The normalized spacial score (nSPS) is 42.9. The fourth-order valence-corrected chi connectivity index (χ4v) is 7.54. The number of nitrogens with one attached hydrogen (secondary N) is 1. The molecular formula is C24H34N2O. The maximum atomic E-state index is 13.6. The standard InChI is InChI=1S/C24H34N2O/c25-15-17-6-8-21(9-7-17)26-22(27)24-13-18-10-19(14-24)12-23(11-18,16-24)20-4-2-1-3-5-20/h1-5,17-19,21H,6-16,25H2,(H,26,27)/t17-,18?,19?,21-,23?,24?. The topological polar surface area (TPSA) is 55.1 Å². The third kappa shape index (κ3) is 3.03. The summed E-state index contributed by atoms with van der Waals surface area (Å²) >= 11 is 0. The zero-order valence-electron chi connectivity index (χ0n) is 16.5. The van der Waals surface area contributed by atoms with Crippen molar-refractivity contribution in [1.82, 2.24) is 5.32 Å². The summed E-state index contributed by atoms with van der Waals surface area (Å²) in [6.07, 6.45) is 11.8. The van der Waals surface area contributed by atoms with Gasteiger partial charge in [-0.05, 0) is 99.5 Å². The van der Waals surface area contributed by atoms with Crippen molar-refractivity contribution in [3.8, 4) is 0 Å². The fourth-order valence-electron chi connectivity index (χ4n) is 7.54. The van der Waals surface area contributed by atoms with Crippen LogP contribution in [-0.2, 0) is 10.2 Å². The Morgan fingerprint density at radius 3 is 2.30 bits per heavy atom. The lowest BCUT2D eigenvalue weighted by Crippen LogP contribution is -2.60. The molecule has 6 rings (SSSR count). The zero-order chi connectivity index (χ0) is 18.5. The van der Waals surface area contributed by atoms with Gasteiger partial charge < -0.3 is 11.1 Å². The van der Waals surface area contributed by atoms with Crippen LogP contribution in [-0.4, -0.2) is 18.5 Å². The molecule has 27 heavy (non-hydrogen) atoms. The molecule has 5 aliphatic rings. The van der Waals surface area contributed by atoms with Gasteiger partial charge in [-0.1, -0.05) is 30.3 Å². The minimum atomic E-state index is -0.107. The lowest BCUT2D eigenvalue weighted by molar-refractivity contribution is -0.150. The molecule has 0 radical (unpaired) electrons. The summed E-state index contributed by atoms with van der Waals surface area (Å²) in [5, 5.41) is 3.51. The van der Waals surface area contributed by atoms with E-state index in [0.717, 1.165) is 50.5 Å². The summed E-state index contributed by atoms with van der Waals surface area (Å²) in [6, 6.07) is 11.5. The molecule has 0 saturated heterocycles. The molecule has 2 unspecified atom stereocenters. The summed E-state index contributed by atoms with van der Waals surface area (Å²) in [7, 11) is 0. The summed E-state index contributed by atoms with van der Waals surface area (Å²) in [6.45, 7) is 0.799. The van der Waals surface area contributed by atoms with Crippen LogP contribution in [0.1, 0.15) is 69.8 Å². The zero-order valence-corrected chi connectivity index (χ0v) is 16.5. The smallest absolute Gasteiger partial charge is 0.226 e. The lowest BCUT2D eigenvalue weighted by Gasteiger charge is -2.61. The van der Waals surface area contributed by atoms with E-state index in [4.69, 9.17) is 5.73 Å². The first-order valence-electron chi connectivity index (χ1n) is 11.2. The largest absolute Gasteiger partial charge is 0.353 e. The van der Waals surface area contributed by atoms with Crippen LogP contribution < -0.4 is 11.1 Å². The van der Waals surface area contributed by atoms with Gasteiger partial charge in [-0.3, -0.25) is 4.79 Å². The van der Waals surface area contributed by atoms with E-state index < -0.39 is 0 Å². The summed E-state index contributed by atoms with van der Waals surface area (Å²) < 4.78 is 0. The Kier molecular flexibility index (Phi) is 4.34. The summed E-state index contributed by atoms with van der Waals surface area (Å²) in [5.74, 6) is 2.53. The average molecular weight is 367 g/mol. The Labute approximate surface area is 163 Å². The van der Waals surface area contributed by atoms with E-state index in [1.807, 2.05) is 0 Å². The average Bonchev–Trinajstić information content (AvgIpc) is 2.68. The molecule has 5 aliphatic carbocycles. The van der Waals surface area contributed by atoms with Gasteiger partial charge in [-0.15, -0.1) is 0 Å². The molecule has 4 bridgehead atoms. The minimum Gasteiger partial charge on any atom is -0.353 e. The van der Waals surface area contributed by atoms with Gasteiger partial charge >= 0.3 is 0 Å². The number of carbonyl (C=O) groups excluding carboxylic acids is 1. The predicted octanol–water partition coefficient (Wildman–Crippen LogP) is 4.16. The van der Waals surface area contributed by atoms with Crippen molar-refractivity contribution >= 4 is 5.91 Å². The van der Waals surface area contributed by atoms with Crippen molar-refractivity contribution in [2.45, 2.75) is 75.7 Å². The highest BCUT2D eigenvalue weighted by Crippen LogP contribution is 2.65. The van der Waals surface area contributed by atoms with Crippen LogP contribution in [0.5, 0.6) is 0 Å². The molecule has 5 saturated carbocycles. The lowest BCUT2D eigenvalue weighted by atomic mass is 9.42. The van der Waals surface area contributed by atoms with Gasteiger partial charge in [0.1, 0.15) is 0 Å². The van der Waals surface area contributed by atoms with Gasteiger partial charge in [-0.2, -0.15) is 0 Å². The van der Waals surface area contributed by atoms with Crippen LogP contribution in [0, 0.1) is 23.2 Å². The van der Waals surface area contributed by atoms with E-state index in [9.17, 15) is 4.79 Å². The third-order valence-electron chi connectivity index (χ3n) is 8.44. The molecule has 0 aliphatic heterocycles. The van der Waals surface area contributed by atoms with Gasteiger partial charge in [0.15, 0.2) is 0 Å². The number of hydrogen-bond acceptors (Lipinski definition) is 2. The molecule has 0 spiro atoms. The maximum absolute atomic E-state index is 13.6. The van der Waals surface area contributed by atoms with E-state index >= 15 is 0 Å². The van der Waals surface area contributed by atoms with E-state index in [-0.39, 0.29) is 10.8 Å². The first-order chi connectivity index (χ1) is 13.1. The Morgan fingerprint density at radius 1 is 1.00 bits per heavy atom. The SMILES string of the molecule is NC[C@H]1CC[C@H](NC(=O)C23CC4CC(C2)CC(c2ccccc2)(C4)C3)CC1. The third-order valence-corrected chi connectivity index (χ3v) is 8.44. The van der Waals surface area contributed by atoms with Gasteiger partial charge in [0.25, 0.3) is 0 Å². The van der Waals surface area contributed by atoms with E-state index in [0.29, 0.717) is 17.9 Å². The van der Waals surface area contributed by atoms with E-state index in [1.54, 1.807) is 0 Å². The molecule has 1 amide bonds. The first kappa shape index (κ1) is 17.7. The van der Waals surface area contributed by atoms with Crippen LogP contribution in [0.25, 0.3) is 0 Å². The highest BCUT2D eigenvalue weighted by Gasteiger charge is 2.61. The van der Waals surface area contributed by atoms with Gasteiger partial charge in [0.05, 0.1) is 5.41 Å². The van der Waals surface area contributed by atoms with Crippen LogP contribution in [0.4, 0.5) is 0 Å². The van der Waals surface area contributed by atoms with E-state index in [2.05, 4.69) is 35.6 Å². The molecule has 2 atom stereocenters. The van der Waals surface area contributed by atoms with Crippen LogP contribution >= 0.6 is 0 Å². The molecule has 1 aromatic rings. The fraction of sp³-hybridized carbons (Fsp3) is 0.708. The second-order valence-corrected chi connectivity index (χ2v) is 10.3. The summed E-state index contributed by atoms with van der Waals surface area (Å²) in [5.41, 5.74) is 7.46. The van der Waals surface area contributed by atoms with Crippen molar-refractivity contribution in [1.29, 1.82) is 0 Å². The monoisotopic (exact) mass is 366 g/mol. The number of nitrogens with two attached hydrogens (primary N) is 1. The van der Waals surface area contributed by atoms with Crippen molar-refractivity contribution in [3.05, 3.63) is 35.9 Å². The molecule has 3 nitrogen and oxygen atoms in total. The number of benzene rings is 1. The maximum Gasteiger partial charge on any atom is 0.226 e. The molecule has 3 N–H and O–H groups in total. The molecule has 146 valence electrons. The highest BCUT2D eigenvalue weighted by molar-refractivity contribution is 5.83. The van der Waals surface area contributed by atoms with Gasteiger partial charge in [0.2, 0.25) is 5.91 Å². The number of rotatable bonds is 4. The highest BCUT2D eigenvalue weighted by atomic mass is 16.2. The minimum absolute atomic E-state index is 0.107. The van der Waals surface area contributed by atoms with Gasteiger partial charge in [-0.25, -0.2) is 0 Å². The Morgan fingerprint density at radius 2 is 1.67 bits per heavy atom. The quantitative estimate of drug-likeness (QED) is 0.841. The molecule has 5 fully saturated rings. The number of hydrogen-bond donors (Lipinski definition) is 2. The van der Waals surface area contributed by atoms with Crippen molar-refractivity contribution in [2.24, 2.45) is 28.9 Å². The molecular weight excluding hydrogens is 332 g/mol. The molecule has 0 aromatic heterocycles. The predicted molar refractivity (Wildman–Crippen MR) is 108 cm³/mol. The molecule has 0 heterocycles.